The Morgan fingerprint density at radius 3 is 1.76 bits per heavy atom. The van der Waals surface area contributed by atoms with Gasteiger partial charge in [0.1, 0.15) is 23.1 Å². The minimum Gasteiger partial charge on any atom is -0.458 e. The fourth-order valence-electron chi connectivity index (χ4n) is 10.2. The molecule has 0 fully saturated rings. The molecule has 9 aromatic carbocycles. The molecule has 0 saturated carbocycles. The molecular weight excluding hydrogens is 777 g/mol. The minimum absolute atomic E-state index is 0.114. The summed E-state index contributed by atoms with van der Waals surface area (Å²) in [6.07, 6.45) is 0. The fraction of sp³-hybridized carbons (Fsp3) is 0.0526. The normalized spacial score (nSPS) is 13.6. The number of halogens is 2. The van der Waals surface area contributed by atoms with Crippen LogP contribution in [0.2, 0.25) is 0 Å². The van der Waals surface area contributed by atoms with Crippen LogP contribution in [0.3, 0.4) is 0 Å². The van der Waals surface area contributed by atoms with Crippen LogP contribution in [0.5, 0.6) is 11.5 Å². The maximum Gasteiger partial charge on any atom is 0.256 e. The van der Waals surface area contributed by atoms with Gasteiger partial charge >= 0.3 is 0 Å². The molecule has 63 heavy (non-hydrogen) atoms. The molecule has 0 amide bonds. The van der Waals surface area contributed by atoms with Crippen molar-refractivity contribution in [2.45, 2.75) is 19.3 Å². The van der Waals surface area contributed by atoms with Gasteiger partial charge in [0.15, 0.2) is 0 Å². The highest BCUT2D eigenvalue weighted by Gasteiger charge is 2.45. The molecule has 0 saturated heterocycles. The molecule has 0 N–H and O–H groups in total. The standard InChI is InChI=1S/C57H39BF2N2O/c1-57(2)44-33-41(62(51-20-11-9-18-48(51)59)52-21-12-10-19-49(52)60)29-30-42(44)43-34-55-47(35-45(43)57)58-46-32-39(37-16-7-4-8-17-37)26-31-50(46)61(53-22-13-23-54(63-55)56(53)58)40-27-24-38(25-28-40)36-14-5-3-6-15-36/h3-35H,1-2H3. The predicted octanol–water partition coefficient (Wildman–Crippen LogP) is 13.5. The molecule has 2 aliphatic heterocycles. The van der Waals surface area contributed by atoms with Crippen molar-refractivity contribution in [1.82, 2.24) is 0 Å². The third-order valence-electron chi connectivity index (χ3n) is 13.3. The van der Waals surface area contributed by atoms with E-state index in [-0.39, 0.29) is 18.1 Å². The average molecular weight is 817 g/mol. The SMILES string of the molecule is CC1(C)c2cc(N(c3ccccc3F)c3ccccc3F)ccc2-c2cc3c(cc21)B1c2cc(-c4ccccc4)ccc2N(c2ccc(-c4ccccc4)cc2)c2cccc(c21)O3. The van der Waals surface area contributed by atoms with E-state index in [9.17, 15) is 0 Å². The second kappa shape index (κ2) is 14.2. The van der Waals surface area contributed by atoms with Gasteiger partial charge in [-0.25, -0.2) is 8.78 Å². The van der Waals surface area contributed by atoms with Gasteiger partial charge in [0, 0.05) is 28.2 Å². The highest BCUT2D eigenvalue weighted by Crippen LogP contribution is 2.53. The second-order valence-electron chi connectivity index (χ2n) is 17.1. The van der Waals surface area contributed by atoms with Crippen molar-refractivity contribution in [2.24, 2.45) is 0 Å². The summed E-state index contributed by atoms with van der Waals surface area (Å²) in [4.78, 5) is 4.06. The Bertz CT molecular complexity index is 3230. The first-order chi connectivity index (χ1) is 30.8. The van der Waals surface area contributed by atoms with Crippen molar-refractivity contribution in [3.05, 3.63) is 223 Å². The van der Waals surface area contributed by atoms with Crippen LogP contribution in [-0.4, -0.2) is 6.71 Å². The molecular formula is C57H39BF2N2O. The van der Waals surface area contributed by atoms with Crippen LogP contribution in [0, 0.1) is 11.6 Å². The smallest absolute Gasteiger partial charge is 0.256 e. The number of para-hydroxylation sites is 2. The van der Waals surface area contributed by atoms with Gasteiger partial charge in [-0.1, -0.05) is 141 Å². The van der Waals surface area contributed by atoms with E-state index in [1.165, 1.54) is 28.7 Å². The Kier molecular flexibility index (Phi) is 8.35. The minimum atomic E-state index is -0.457. The van der Waals surface area contributed by atoms with Gasteiger partial charge in [0.25, 0.3) is 6.71 Å². The van der Waals surface area contributed by atoms with Crippen LogP contribution in [0.1, 0.15) is 25.0 Å². The monoisotopic (exact) mass is 816 g/mol. The van der Waals surface area contributed by atoms with Crippen LogP contribution in [0.4, 0.5) is 42.9 Å². The zero-order valence-corrected chi connectivity index (χ0v) is 34.7. The van der Waals surface area contributed by atoms with E-state index in [2.05, 4.69) is 158 Å². The third-order valence-corrected chi connectivity index (χ3v) is 13.3. The van der Waals surface area contributed by atoms with Gasteiger partial charge in [0.2, 0.25) is 0 Å². The van der Waals surface area contributed by atoms with Crippen molar-refractivity contribution in [1.29, 1.82) is 0 Å². The Hall–Kier alpha value is -7.70. The van der Waals surface area contributed by atoms with Crippen LogP contribution in [-0.2, 0) is 5.41 Å². The summed E-state index contributed by atoms with van der Waals surface area (Å²) in [5.74, 6) is 0.800. The summed E-state index contributed by atoms with van der Waals surface area (Å²) in [5, 5.41) is 0. The van der Waals surface area contributed by atoms with Gasteiger partial charge in [-0.05, 0) is 134 Å². The number of hydrogen-bond acceptors (Lipinski definition) is 3. The Labute approximate surface area is 366 Å². The summed E-state index contributed by atoms with van der Waals surface area (Å²) in [6, 6.07) is 67.0. The third kappa shape index (κ3) is 5.78. The van der Waals surface area contributed by atoms with Gasteiger partial charge in [-0.3, -0.25) is 0 Å². The molecule has 2 heterocycles. The Balaban J connectivity index is 1.02. The number of anilines is 6. The lowest BCUT2D eigenvalue weighted by molar-refractivity contribution is 0.487. The predicted molar refractivity (Wildman–Crippen MR) is 255 cm³/mol. The first-order valence-corrected chi connectivity index (χ1v) is 21.4. The van der Waals surface area contributed by atoms with Crippen molar-refractivity contribution in [2.75, 3.05) is 9.80 Å². The van der Waals surface area contributed by atoms with E-state index in [1.54, 1.807) is 41.3 Å². The maximum atomic E-state index is 15.6. The number of fused-ring (bicyclic) bond motifs is 7. The molecule has 9 aromatic rings. The second-order valence-corrected chi connectivity index (χ2v) is 17.1. The molecule has 12 rings (SSSR count). The Morgan fingerprint density at radius 1 is 0.476 bits per heavy atom. The van der Waals surface area contributed by atoms with Crippen molar-refractivity contribution in [3.63, 3.8) is 0 Å². The van der Waals surface area contributed by atoms with E-state index < -0.39 is 17.0 Å². The van der Waals surface area contributed by atoms with Crippen LogP contribution < -0.4 is 30.9 Å². The quantitative estimate of drug-likeness (QED) is 0.156. The van der Waals surface area contributed by atoms with Crippen molar-refractivity contribution >= 4 is 57.2 Å². The number of ether oxygens (including phenoxy) is 1. The van der Waals surface area contributed by atoms with Crippen LogP contribution >= 0.6 is 0 Å². The van der Waals surface area contributed by atoms with E-state index in [1.807, 2.05) is 12.1 Å². The molecule has 1 aliphatic carbocycles. The summed E-state index contributed by atoms with van der Waals surface area (Å²) >= 11 is 0. The zero-order valence-electron chi connectivity index (χ0n) is 34.7. The summed E-state index contributed by atoms with van der Waals surface area (Å²) in [6.45, 7) is 4.38. The number of nitrogens with zero attached hydrogens (tertiary/aromatic N) is 2. The molecule has 0 atom stereocenters. The molecule has 0 spiro atoms. The van der Waals surface area contributed by atoms with Crippen molar-refractivity contribution in [3.8, 4) is 44.9 Å². The maximum absolute atomic E-state index is 15.6. The van der Waals surface area contributed by atoms with E-state index in [0.29, 0.717) is 5.69 Å². The fourth-order valence-corrected chi connectivity index (χ4v) is 10.2. The molecule has 0 unspecified atom stereocenters. The lowest BCUT2D eigenvalue weighted by atomic mass is 9.34. The molecule has 3 aliphatic rings. The molecule has 3 nitrogen and oxygen atoms in total. The van der Waals surface area contributed by atoms with Crippen LogP contribution in [0.15, 0.2) is 200 Å². The molecule has 0 radical (unpaired) electrons. The summed E-state index contributed by atoms with van der Waals surface area (Å²) in [7, 11) is 0. The van der Waals surface area contributed by atoms with Crippen molar-refractivity contribution < 1.29 is 13.5 Å². The van der Waals surface area contributed by atoms with E-state index in [0.717, 1.165) is 72.9 Å². The lowest BCUT2D eigenvalue weighted by Gasteiger charge is -2.40. The van der Waals surface area contributed by atoms with E-state index >= 15 is 8.78 Å². The van der Waals surface area contributed by atoms with E-state index in [4.69, 9.17) is 4.74 Å². The van der Waals surface area contributed by atoms with Gasteiger partial charge in [0.05, 0.1) is 11.4 Å². The molecule has 0 bridgehead atoms. The van der Waals surface area contributed by atoms with Gasteiger partial charge in [-0.15, -0.1) is 0 Å². The summed E-state index contributed by atoms with van der Waals surface area (Å²) < 4.78 is 38.2. The average Bonchev–Trinajstić information content (AvgIpc) is 3.54. The largest absolute Gasteiger partial charge is 0.458 e. The first-order valence-electron chi connectivity index (χ1n) is 21.4. The summed E-state index contributed by atoms with van der Waals surface area (Å²) in [5.41, 5.74) is 16.6. The molecule has 0 aromatic heterocycles. The molecule has 300 valence electrons. The first kappa shape index (κ1) is 37.1. The molecule has 6 heteroatoms. The van der Waals surface area contributed by atoms with Gasteiger partial charge in [-0.2, -0.15) is 0 Å². The highest BCUT2D eigenvalue weighted by molar-refractivity contribution is 6.99. The number of benzene rings is 9. The number of rotatable bonds is 6. The number of hydrogen-bond donors (Lipinski definition) is 0. The lowest BCUT2D eigenvalue weighted by Crippen LogP contribution is -2.59. The topological polar surface area (TPSA) is 15.7 Å². The zero-order chi connectivity index (χ0) is 42.4. The Morgan fingerprint density at radius 2 is 1.08 bits per heavy atom. The van der Waals surface area contributed by atoms with Crippen LogP contribution in [0.25, 0.3) is 33.4 Å². The highest BCUT2D eigenvalue weighted by atomic mass is 19.1. The van der Waals surface area contributed by atoms with Gasteiger partial charge < -0.3 is 14.5 Å².